The van der Waals surface area contributed by atoms with Crippen molar-refractivity contribution in [1.82, 2.24) is 0 Å². The molecule has 0 radical (unpaired) electrons. The summed E-state index contributed by atoms with van der Waals surface area (Å²) in [5.41, 5.74) is 0.959. The average molecular weight is 382 g/mol. The summed E-state index contributed by atoms with van der Waals surface area (Å²) in [7, 11) is -1.96. The number of allylic oxidation sites excluding steroid dienone is 4. The van der Waals surface area contributed by atoms with Gasteiger partial charge < -0.3 is 9.31 Å². The van der Waals surface area contributed by atoms with Crippen LogP contribution in [0, 0.1) is 0 Å². The molecular weight excluding hydrogens is 347 g/mol. The molecule has 0 amide bonds. The molecule has 0 N–H and O–H groups in total. The molecular formula is C23H35BO2Si. The molecule has 0 atom stereocenters. The fourth-order valence-corrected chi connectivity index (χ4v) is 6.60. The van der Waals surface area contributed by atoms with Gasteiger partial charge in [0.2, 0.25) is 0 Å². The highest BCUT2D eigenvalue weighted by molar-refractivity contribution is 6.96. The Morgan fingerprint density at radius 2 is 1.67 bits per heavy atom. The Labute approximate surface area is 167 Å². The van der Waals surface area contributed by atoms with E-state index in [1.165, 1.54) is 41.6 Å². The van der Waals surface area contributed by atoms with Crippen LogP contribution in [0.3, 0.4) is 0 Å². The zero-order valence-corrected chi connectivity index (χ0v) is 19.0. The highest BCUT2D eigenvalue weighted by Gasteiger charge is 2.51. The van der Waals surface area contributed by atoms with Gasteiger partial charge in [0.15, 0.2) is 0 Å². The molecule has 2 nitrogen and oxygen atoms in total. The van der Waals surface area contributed by atoms with E-state index in [0.717, 1.165) is 6.32 Å². The molecule has 0 aromatic heterocycles. The van der Waals surface area contributed by atoms with Crippen LogP contribution in [0.15, 0.2) is 53.3 Å². The van der Waals surface area contributed by atoms with Gasteiger partial charge in [0.1, 0.15) is 8.07 Å². The van der Waals surface area contributed by atoms with Crippen molar-refractivity contribution < 1.29 is 9.31 Å². The molecule has 4 heteroatoms. The van der Waals surface area contributed by atoms with Crippen LogP contribution in [0.25, 0.3) is 0 Å². The smallest absolute Gasteiger partial charge is 0.403 e. The van der Waals surface area contributed by atoms with Crippen LogP contribution in [0.1, 0.15) is 53.4 Å². The molecule has 2 aliphatic rings. The Bertz CT molecular complexity index is 703. The number of rotatable bonds is 5. The van der Waals surface area contributed by atoms with Crippen molar-refractivity contribution in [2.24, 2.45) is 0 Å². The van der Waals surface area contributed by atoms with Gasteiger partial charge in [0.25, 0.3) is 0 Å². The summed E-state index contributed by atoms with van der Waals surface area (Å²) in [6.45, 7) is 13.5. The molecule has 1 aliphatic heterocycles. The standard InChI is InChI=1S/C23H35BO2Si/c1-22(2)23(3,4)26-24(25-22)18-21(17-19-13-9-7-10-14-19)27(5,6)20-15-11-8-12-16-20/h8,11-13,15-17H,7,9-10,14,18H2,1-6H3/b21-17+. The van der Waals surface area contributed by atoms with Crippen molar-refractivity contribution in [3.05, 3.63) is 53.3 Å². The minimum absolute atomic E-state index is 0.166. The molecule has 146 valence electrons. The monoisotopic (exact) mass is 382 g/mol. The van der Waals surface area contributed by atoms with Crippen LogP contribution in [-0.2, 0) is 9.31 Å². The van der Waals surface area contributed by atoms with E-state index in [0.29, 0.717) is 0 Å². The first kappa shape index (κ1) is 20.6. The maximum atomic E-state index is 6.35. The van der Waals surface area contributed by atoms with Crippen LogP contribution in [0.2, 0.25) is 19.4 Å². The third-order valence-electron chi connectivity index (χ3n) is 6.67. The Kier molecular flexibility index (Phi) is 5.91. The predicted molar refractivity (Wildman–Crippen MR) is 119 cm³/mol. The summed E-state index contributed by atoms with van der Waals surface area (Å²) in [6, 6.07) is 11.0. The lowest BCUT2D eigenvalue weighted by atomic mass is 9.84. The first-order valence-corrected chi connectivity index (χ1v) is 13.4. The molecule has 3 rings (SSSR count). The van der Waals surface area contributed by atoms with Crippen molar-refractivity contribution in [1.29, 1.82) is 0 Å². The predicted octanol–water partition coefficient (Wildman–Crippen LogP) is 5.66. The molecule has 0 saturated carbocycles. The van der Waals surface area contributed by atoms with Crippen LogP contribution in [0.4, 0.5) is 0 Å². The lowest BCUT2D eigenvalue weighted by Crippen LogP contribution is -2.45. The van der Waals surface area contributed by atoms with E-state index in [9.17, 15) is 0 Å². The van der Waals surface area contributed by atoms with Crippen molar-refractivity contribution in [3.63, 3.8) is 0 Å². The van der Waals surface area contributed by atoms with Crippen molar-refractivity contribution >= 4 is 20.4 Å². The van der Waals surface area contributed by atoms with Gasteiger partial charge in [-0.3, -0.25) is 0 Å². The van der Waals surface area contributed by atoms with Crippen molar-refractivity contribution in [2.75, 3.05) is 0 Å². The Morgan fingerprint density at radius 3 is 2.22 bits per heavy atom. The fourth-order valence-electron chi connectivity index (χ4n) is 3.98. The molecule has 0 unspecified atom stereocenters. The van der Waals surface area contributed by atoms with Gasteiger partial charge in [-0.05, 0) is 53.4 Å². The second kappa shape index (κ2) is 7.73. The number of benzene rings is 1. The van der Waals surface area contributed by atoms with Crippen LogP contribution in [-0.4, -0.2) is 26.4 Å². The highest BCUT2D eigenvalue weighted by Crippen LogP contribution is 2.39. The van der Waals surface area contributed by atoms with Crippen molar-refractivity contribution in [3.8, 4) is 0 Å². The van der Waals surface area contributed by atoms with E-state index in [1.54, 1.807) is 0 Å². The van der Waals surface area contributed by atoms with E-state index in [1.807, 2.05) is 0 Å². The van der Waals surface area contributed by atoms with E-state index >= 15 is 0 Å². The summed E-state index contributed by atoms with van der Waals surface area (Å²) in [5.74, 6) is 0. The quantitative estimate of drug-likeness (QED) is 0.612. The molecule has 0 spiro atoms. The molecule has 1 heterocycles. The van der Waals surface area contributed by atoms with Gasteiger partial charge in [-0.15, -0.1) is 0 Å². The lowest BCUT2D eigenvalue weighted by Gasteiger charge is -2.32. The third kappa shape index (κ3) is 4.50. The summed E-state index contributed by atoms with van der Waals surface area (Å²) >= 11 is 0. The average Bonchev–Trinajstić information content (AvgIpc) is 2.82. The molecule has 1 fully saturated rings. The molecule has 1 aromatic rings. The van der Waals surface area contributed by atoms with Crippen molar-refractivity contribution in [2.45, 2.75) is 84.0 Å². The van der Waals surface area contributed by atoms with Crippen LogP contribution < -0.4 is 5.19 Å². The largest absolute Gasteiger partial charge is 0.461 e. The maximum Gasteiger partial charge on any atom is 0.461 e. The number of hydrogen-bond acceptors (Lipinski definition) is 2. The summed E-state index contributed by atoms with van der Waals surface area (Å²) in [4.78, 5) is 0. The lowest BCUT2D eigenvalue weighted by molar-refractivity contribution is 0.00578. The van der Waals surface area contributed by atoms with E-state index in [2.05, 4.69) is 83.3 Å². The molecule has 1 aromatic carbocycles. The molecule has 1 saturated heterocycles. The zero-order chi connectivity index (χ0) is 19.7. The van der Waals surface area contributed by atoms with E-state index in [-0.39, 0.29) is 18.3 Å². The Morgan fingerprint density at radius 1 is 1.04 bits per heavy atom. The number of hydrogen-bond donors (Lipinski definition) is 0. The Hall–Kier alpha value is -1.10. The summed E-state index contributed by atoms with van der Waals surface area (Å²) in [5, 5.41) is 3.00. The SMILES string of the molecule is CC1(C)OB(C/C(=C\C2=CCCCC2)[Si](C)(C)c2ccccc2)OC1(C)C. The summed E-state index contributed by atoms with van der Waals surface area (Å²) < 4.78 is 12.7. The van der Waals surface area contributed by atoms with Gasteiger partial charge in [0.05, 0.1) is 11.2 Å². The maximum absolute atomic E-state index is 6.35. The minimum Gasteiger partial charge on any atom is -0.403 e. The van der Waals surface area contributed by atoms with Gasteiger partial charge in [-0.25, -0.2) is 0 Å². The van der Waals surface area contributed by atoms with Gasteiger partial charge in [-0.2, -0.15) is 0 Å². The first-order valence-electron chi connectivity index (χ1n) is 10.4. The normalized spacial score (nSPS) is 22.7. The zero-order valence-electron chi connectivity index (χ0n) is 18.0. The topological polar surface area (TPSA) is 18.5 Å². The minimum atomic E-state index is -1.79. The fraction of sp³-hybridized carbons (Fsp3) is 0.565. The molecule has 0 bridgehead atoms. The molecule has 1 aliphatic carbocycles. The second-order valence-corrected chi connectivity index (χ2v) is 14.0. The summed E-state index contributed by atoms with van der Waals surface area (Å²) in [6.07, 6.45) is 10.8. The van der Waals surface area contributed by atoms with E-state index < -0.39 is 8.07 Å². The van der Waals surface area contributed by atoms with E-state index in [4.69, 9.17) is 9.31 Å². The first-order chi connectivity index (χ1) is 12.6. The van der Waals surface area contributed by atoms with Crippen LogP contribution >= 0.6 is 0 Å². The van der Waals surface area contributed by atoms with Crippen LogP contribution in [0.5, 0.6) is 0 Å². The third-order valence-corrected chi connectivity index (χ3v) is 10.4. The van der Waals surface area contributed by atoms with Gasteiger partial charge in [-0.1, -0.05) is 71.5 Å². The Balaban J connectivity index is 1.92. The van der Waals surface area contributed by atoms with Gasteiger partial charge >= 0.3 is 7.12 Å². The molecule has 27 heavy (non-hydrogen) atoms. The second-order valence-electron chi connectivity index (χ2n) is 9.58. The highest BCUT2D eigenvalue weighted by atomic mass is 28.3. The van der Waals surface area contributed by atoms with Gasteiger partial charge in [0, 0.05) is 6.32 Å².